The maximum absolute atomic E-state index is 12.3. The highest BCUT2D eigenvalue weighted by atomic mass is 35.5. The largest absolute Gasteiger partial charge is 0.337 e. The van der Waals surface area contributed by atoms with Gasteiger partial charge in [0.15, 0.2) is 0 Å². The van der Waals surface area contributed by atoms with E-state index in [2.05, 4.69) is 4.98 Å². The number of nitrogens with zero attached hydrogens (tertiary/aromatic N) is 3. The Morgan fingerprint density at radius 2 is 2.32 bits per heavy atom. The summed E-state index contributed by atoms with van der Waals surface area (Å²) in [7, 11) is 0. The van der Waals surface area contributed by atoms with Crippen molar-refractivity contribution in [1.82, 2.24) is 9.88 Å². The summed E-state index contributed by atoms with van der Waals surface area (Å²) in [4.78, 5) is 27.6. The molecule has 0 radical (unpaired) electrons. The average Bonchev–Trinajstić information content (AvgIpc) is 2.69. The number of aromatic nitrogens is 1. The van der Waals surface area contributed by atoms with Crippen molar-refractivity contribution < 1.29 is 9.72 Å². The van der Waals surface area contributed by atoms with Crippen LogP contribution in [0, 0.1) is 16.0 Å². The lowest BCUT2D eigenvalue weighted by Crippen LogP contribution is -2.32. The Labute approximate surface area is 114 Å². The van der Waals surface area contributed by atoms with Crippen LogP contribution >= 0.6 is 11.6 Å². The van der Waals surface area contributed by atoms with Gasteiger partial charge in [-0.15, -0.1) is 0 Å². The van der Waals surface area contributed by atoms with E-state index in [0.717, 1.165) is 12.3 Å². The number of amides is 1. The fourth-order valence-corrected chi connectivity index (χ4v) is 2.20. The molecule has 2 rings (SSSR count). The molecule has 1 aliphatic heterocycles. The minimum Gasteiger partial charge on any atom is -0.337 e. The molecule has 1 fully saturated rings. The lowest BCUT2D eigenvalue weighted by atomic mass is 10.1. The second-order valence-corrected chi connectivity index (χ2v) is 5.00. The molecule has 0 spiro atoms. The van der Waals surface area contributed by atoms with E-state index in [4.69, 9.17) is 17.3 Å². The van der Waals surface area contributed by atoms with E-state index in [1.807, 2.05) is 6.92 Å². The third-order valence-corrected chi connectivity index (χ3v) is 3.52. The molecule has 2 heterocycles. The predicted molar refractivity (Wildman–Crippen MR) is 68.9 cm³/mol. The average molecular weight is 285 g/mol. The second-order valence-electron chi connectivity index (χ2n) is 4.64. The summed E-state index contributed by atoms with van der Waals surface area (Å²) >= 11 is 5.83. The Morgan fingerprint density at radius 3 is 2.84 bits per heavy atom. The van der Waals surface area contributed by atoms with Crippen LogP contribution in [0.25, 0.3) is 0 Å². The quantitative estimate of drug-likeness (QED) is 0.497. The van der Waals surface area contributed by atoms with Crippen molar-refractivity contribution in [3.63, 3.8) is 0 Å². The van der Waals surface area contributed by atoms with E-state index < -0.39 is 4.92 Å². The van der Waals surface area contributed by atoms with Crippen LogP contribution in [0.4, 0.5) is 5.69 Å². The van der Waals surface area contributed by atoms with Crippen molar-refractivity contribution in [3.8, 4) is 0 Å². The molecule has 1 amide bonds. The van der Waals surface area contributed by atoms with Crippen molar-refractivity contribution in [2.75, 3.05) is 13.1 Å². The predicted octanol–water partition coefficient (Wildman–Crippen LogP) is 1.06. The Balaban J connectivity index is 2.29. The molecule has 1 aromatic rings. The van der Waals surface area contributed by atoms with E-state index in [9.17, 15) is 14.9 Å². The molecule has 2 atom stereocenters. The molecule has 1 aliphatic rings. The molecule has 1 aromatic heterocycles. The highest BCUT2D eigenvalue weighted by Gasteiger charge is 2.32. The lowest BCUT2D eigenvalue weighted by Gasteiger charge is -2.16. The van der Waals surface area contributed by atoms with E-state index in [0.29, 0.717) is 13.1 Å². The number of carbonyl (C=O) groups excluding carboxylic acids is 1. The van der Waals surface area contributed by atoms with Crippen LogP contribution in [0.1, 0.15) is 17.3 Å². The van der Waals surface area contributed by atoms with Crippen molar-refractivity contribution in [2.24, 2.45) is 11.7 Å². The van der Waals surface area contributed by atoms with Crippen LogP contribution in [-0.4, -0.2) is 39.8 Å². The summed E-state index contributed by atoms with van der Waals surface area (Å²) < 4.78 is 0. The number of nitrogens with two attached hydrogens (primary N) is 1. The highest BCUT2D eigenvalue weighted by Crippen LogP contribution is 2.23. The number of nitro groups is 1. The van der Waals surface area contributed by atoms with Crippen LogP contribution in [-0.2, 0) is 0 Å². The number of carbonyl (C=O) groups is 1. The van der Waals surface area contributed by atoms with Gasteiger partial charge in [0.1, 0.15) is 11.3 Å². The van der Waals surface area contributed by atoms with Gasteiger partial charge in [0, 0.05) is 25.2 Å². The van der Waals surface area contributed by atoms with Gasteiger partial charge < -0.3 is 10.6 Å². The minimum absolute atomic E-state index is 0.0382. The van der Waals surface area contributed by atoms with E-state index >= 15 is 0 Å². The van der Waals surface area contributed by atoms with Crippen molar-refractivity contribution in [2.45, 2.75) is 13.0 Å². The molecular weight excluding hydrogens is 272 g/mol. The summed E-state index contributed by atoms with van der Waals surface area (Å²) in [6.07, 6.45) is 1.03. The Morgan fingerprint density at radius 1 is 1.63 bits per heavy atom. The van der Waals surface area contributed by atoms with Gasteiger partial charge in [0.25, 0.3) is 11.6 Å². The number of hydrogen-bond acceptors (Lipinski definition) is 5. The van der Waals surface area contributed by atoms with Crippen molar-refractivity contribution >= 4 is 23.2 Å². The van der Waals surface area contributed by atoms with E-state index in [1.54, 1.807) is 4.90 Å². The number of hydrogen-bond donors (Lipinski definition) is 1. The van der Waals surface area contributed by atoms with Gasteiger partial charge in [-0.25, -0.2) is 4.98 Å². The van der Waals surface area contributed by atoms with E-state index in [-0.39, 0.29) is 34.3 Å². The summed E-state index contributed by atoms with van der Waals surface area (Å²) in [5.74, 6) is -0.185. The lowest BCUT2D eigenvalue weighted by molar-refractivity contribution is -0.385. The van der Waals surface area contributed by atoms with Crippen molar-refractivity contribution in [1.29, 1.82) is 0 Å². The molecule has 2 N–H and O–H groups in total. The number of likely N-dealkylation sites (tertiary alicyclic amines) is 1. The van der Waals surface area contributed by atoms with Gasteiger partial charge in [0.2, 0.25) is 0 Å². The molecule has 0 bridgehead atoms. The maximum atomic E-state index is 12.3. The summed E-state index contributed by atoms with van der Waals surface area (Å²) in [5.41, 5.74) is 5.63. The first-order valence-electron chi connectivity index (χ1n) is 5.75. The third kappa shape index (κ3) is 2.66. The van der Waals surface area contributed by atoms with E-state index in [1.165, 1.54) is 0 Å². The van der Waals surface area contributed by atoms with Crippen LogP contribution in [0.5, 0.6) is 0 Å². The minimum atomic E-state index is -0.613. The maximum Gasteiger partial charge on any atom is 0.288 e. The summed E-state index contributed by atoms with van der Waals surface area (Å²) in [6.45, 7) is 2.88. The highest BCUT2D eigenvalue weighted by molar-refractivity contribution is 6.32. The monoisotopic (exact) mass is 284 g/mol. The molecular formula is C11H13ClN4O3. The van der Waals surface area contributed by atoms with Crippen LogP contribution < -0.4 is 5.73 Å². The SMILES string of the molecule is CC1CN(C(=O)c2cc([N+](=O)[O-])cnc2Cl)CC1N. The van der Waals surface area contributed by atoms with Crippen LogP contribution in [0.2, 0.25) is 5.15 Å². The Bertz CT molecular complexity index is 527. The number of halogens is 1. The first kappa shape index (κ1) is 13.7. The Kier molecular flexibility index (Phi) is 3.68. The van der Waals surface area contributed by atoms with Gasteiger partial charge in [0.05, 0.1) is 10.5 Å². The molecule has 0 aliphatic carbocycles. The van der Waals surface area contributed by atoms with Gasteiger partial charge in [-0.2, -0.15) is 0 Å². The first-order valence-corrected chi connectivity index (χ1v) is 6.12. The van der Waals surface area contributed by atoms with Gasteiger partial charge in [-0.3, -0.25) is 14.9 Å². The second kappa shape index (κ2) is 5.10. The summed E-state index contributed by atoms with van der Waals surface area (Å²) in [5, 5.41) is 10.7. The van der Waals surface area contributed by atoms with Gasteiger partial charge in [-0.05, 0) is 5.92 Å². The van der Waals surface area contributed by atoms with Gasteiger partial charge >= 0.3 is 0 Å². The molecule has 0 saturated carbocycles. The smallest absolute Gasteiger partial charge is 0.288 e. The topological polar surface area (TPSA) is 102 Å². The zero-order chi connectivity index (χ0) is 14.2. The fraction of sp³-hybridized carbons (Fsp3) is 0.455. The molecule has 0 aromatic carbocycles. The van der Waals surface area contributed by atoms with Crippen LogP contribution in [0.15, 0.2) is 12.3 Å². The summed E-state index contributed by atoms with van der Waals surface area (Å²) in [6, 6.07) is 1.06. The number of rotatable bonds is 2. The normalized spacial score (nSPS) is 22.6. The first-order chi connectivity index (χ1) is 8.90. The number of pyridine rings is 1. The molecule has 102 valence electrons. The standard InChI is InChI=1S/C11H13ClN4O3/c1-6-4-15(5-9(6)13)11(17)8-2-7(16(18)19)3-14-10(8)12/h2-3,6,9H,4-5,13H2,1H3. The fourth-order valence-electron chi connectivity index (χ4n) is 2.02. The van der Waals surface area contributed by atoms with Gasteiger partial charge in [-0.1, -0.05) is 18.5 Å². The molecule has 8 heteroatoms. The molecule has 7 nitrogen and oxygen atoms in total. The zero-order valence-corrected chi connectivity index (χ0v) is 11.0. The zero-order valence-electron chi connectivity index (χ0n) is 10.2. The van der Waals surface area contributed by atoms with Crippen molar-refractivity contribution in [3.05, 3.63) is 33.1 Å². The third-order valence-electron chi connectivity index (χ3n) is 3.22. The van der Waals surface area contributed by atoms with Crippen LogP contribution in [0.3, 0.4) is 0 Å². The Hall–Kier alpha value is -1.73. The molecule has 2 unspecified atom stereocenters. The molecule has 1 saturated heterocycles. The molecule has 19 heavy (non-hydrogen) atoms.